The van der Waals surface area contributed by atoms with Crippen molar-refractivity contribution in [1.82, 2.24) is 10.2 Å². The van der Waals surface area contributed by atoms with E-state index in [0.29, 0.717) is 12.6 Å². The highest BCUT2D eigenvalue weighted by molar-refractivity contribution is 5.71. The summed E-state index contributed by atoms with van der Waals surface area (Å²) in [6.07, 6.45) is 5.44. The molecular formula is C14H26N2O2. The van der Waals surface area contributed by atoms with Gasteiger partial charge in [-0.15, -0.1) is 0 Å². The molecule has 0 aromatic carbocycles. The van der Waals surface area contributed by atoms with Crippen molar-refractivity contribution in [2.75, 3.05) is 33.3 Å². The standard InChI is InChI=1S/C14H26N2O2/c1-3-15-13-7-12(6-11-4-5-11)8-16(9-13)10-14(17)18-2/h11-13,15H,3-10H2,1-2H3. The summed E-state index contributed by atoms with van der Waals surface area (Å²) in [6.45, 7) is 5.64. The highest BCUT2D eigenvalue weighted by Gasteiger charge is 2.32. The lowest BCUT2D eigenvalue weighted by Gasteiger charge is -2.37. The molecule has 1 saturated carbocycles. The van der Waals surface area contributed by atoms with Crippen LogP contribution in [0.5, 0.6) is 0 Å². The normalized spacial score (nSPS) is 29.2. The number of rotatable bonds is 6. The average Bonchev–Trinajstić information content (AvgIpc) is 3.13. The summed E-state index contributed by atoms with van der Waals surface area (Å²) in [5.74, 6) is 1.60. The Balaban J connectivity index is 1.85. The van der Waals surface area contributed by atoms with E-state index < -0.39 is 0 Å². The van der Waals surface area contributed by atoms with Crippen molar-refractivity contribution in [3.8, 4) is 0 Å². The zero-order chi connectivity index (χ0) is 13.0. The average molecular weight is 254 g/mol. The molecule has 0 aromatic rings. The molecule has 4 heteroatoms. The van der Waals surface area contributed by atoms with Gasteiger partial charge in [-0.25, -0.2) is 0 Å². The minimum absolute atomic E-state index is 0.114. The van der Waals surface area contributed by atoms with Crippen molar-refractivity contribution < 1.29 is 9.53 Å². The molecule has 2 atom stereocenters. The van der Waals surface area contributed by atoms with Crippen LogP contribution < -0.4 is 5.32 Å². The largest absolute Gasteiger partial charge is 0.468 e. The van der Waals surface area contributed by atoms with E-state index in [0.717, 1.165) is 31.5 Å². The number of methoxy groups -OCH3 is 1. The molecule has 0 spiro atoms. The number of ether oxygens (including phenoxy) is 1. The van der Waals surface area contributed by atoms with E-state index in [9.17, 15) is 4.79 Å². The number of carbonyl (C=O) groups excluding carboxylic acids is 1. The first kappa shape index (κ1) is 13.8. The van der Waals surface area contributed by atoms with Gasteiger partial charge in [-0.2, -0.15) is 0 Å². The van der Waals surface area contributed by atoms with E-state index in [-0.39, 0.29) is 5.97 Å². The van der Waals surface area contributed by atoms with E-state index in [2.05, 4.69) is 17.1 Å². The summed E-state index contributed by atoms with van der Waals surface area (Å²) in [5.41, 5.74) is 0. The summed E-state index contributed by atoms with van der Waals surface area (Å²) in [4.78, 5) is 13.7. The maximum atomic E-state index is 11.4. The Kier molecular flexibility index (Phi) is 5.01. The van der Waals surface area contributed by atoms with Gasteiger partial charge >= 0.3 is 5.97 Å². The molecule has 1 heterocycles. The molecule has 2 fully saturated rings. The fraction of sp³-hybridized carbons (Fsp3) is 0.929. The van der Waals surface area contributed by atoms with Gasteiger partial charge in [0.1, 0.15) is 0 Å². The molecule has 104 valence electrons. The predicted molar refractivity (Wildman–Crippen MR) is 71.4 cm³/mol. The number of nitrogens with one attached hydrogen (secondary N) is 1. The Labute approximate surface area is 110 Å². The SMILES string of the molecule is CCNC1CC(CC2CC2)CN(CC(=O)OC)C1. The Morgan fingerprint density at radius 3 is 2.72 bits per heavy atom. The second kappa shape index (κ2) is 6.53. The molecule has 1 N–H and O–H groups in total. The molecule has 0 amide bonds. The summed E-state index contributed by atoms with van der Waals surface area (Å²) < 4.78 is 4.78. The molecule has 1 aliphatic carbocycles. The van der Waals surface area contributed by atoms with E-state index in [1.165, 1.54) is 32.8 Å². The smallest absolute Gasteiger partial charge is 0.319 e. The van der Waals surface area contributed by atoms with Crippen molar-refractivity contribution in [3.63, 3.8) is 0 Å². The van der Waals surface area contributed by atoms with E-state index in [4.69, 9.17) is 4.74 Å². The first-order valence-electron chi connectivity index (χ1n) is 7.23. The summed E-state index contributed by atoms with van der Waals surface area (Å²) in [5, 5.41) is 3.54. The lowest BCUT2D eigenvalue weighted by Crippen LogP contribution is -2.50. The first-order chi connectivity index (χ1) is 8.71. The summed E-state index contributed by atoms with van der Waals surface area (Å²) >= 11 is 0. The molecule has 18 heavy (non-hydrogen) atoms. The minimum Gasteiger partial charge on any atom is -0.468 e. The van der Waals surface area contributed by atoms with Crippen LogP contribution in [-0.4, -0.2) is 50.2 Å². The second-order valence-corrected chi connectivity index (χ2v) is 5.81. The van der Waals surface area contributed by atoms with Crippen molar-refractivity contribution >= 4 is 5.97 Å². The zero-order valence-corrected chi connectivity index (χ0v) is 11.7. The van der Waals surface area contributed by atoms with Gasteiger partial charge < -0.3 is 10.1 Å². The monoisotopic (exact) mass is 254 g/mol. The lowest BCUT2D eigenvalue weighted by molar-refractivity contribution is -0.142. The maximum Gasteiger partial charge on any atom is 0.319 e. The van der Waals surface area contributed by atoms with Crippen LogP contribution in [0.25, 0.3) is 0 Å². The van der Waals surface area contributed by atoms with Gasteiger partial charge in [-0.3, -0.25) is 9.69 Å². The number of esters is 1. The quantitative estimate of drug-likeness (QED) is 0.725. The van der Waals surface area contributed by atoms with Gasteiger partial charge in [0.05, 0.1) is 13.7 Å². The Morgan fingerprint density at radius 1 is 1.33 bits per heavy atom. The second-order valence-electron chi connectivity index (χ2n) is 5.81. The molecular weight excluding hydrogens is 228 g/mol. The Hall–Kier alpha value is -0.610. The van der Waals surface area contributed by atoms with E-state index in [1.807, 2.05) is 0 Å². The van der Waals surface area contributed by atoms with Crippen LogP contribution in [0, 0.1) is 11.8 Å². The minimum atomic E-state index is -0.114. The third-order valence-corrected chi connectivity index (χ3v) is 4.05. The van der Waals surface area contributed by atoms with Gasteiger partial charge in [-0.1, -0.05) is 19.8 Å². The predicted octanol–water partition coefficient (Wildman–Crippen LogP) is 1.26. The van der Waals surface area contributed by atoms with E-state index in [1.54, 1.807) is 0 Å². The molecule has 2 aliphatic rings. The van der Waals surface area contributed by atoms with Crippen molar-refractivity contribution in [2.24, 2.45) is 11.8 Å². The lowest BCUT2D eigenvalue weighted by atomic mass is 9.89. The van der Waals surface area contributed by atoms with Gasteiger partial charge in [0, 0.05) is 19.1 Å². The third kappa shape index (κ3) is 4.25. The van der Waals surface area contributed by atoms with Crippen LogP contribution in [0.3, 0.4) is 0 Å². The van der Waals surface area contributed by atoms with Gasteiger partial charge in [0.2, 0.25) is 0 Å². The number of piperidine rings is 1. The Bertz CT molecular complexity index is 279. The number of carbonyl (C=O) groups is 1. The fourth-order valence-electron chi connectivity index (χ4n) is 3.11. The van der Waals surface area contributed by atoms with Crippen LogP contribution >= 0.6 is 0 Å². The highest BCUT2D eigenvalue weighted by atomic mass is 16.5. The molecule has 1 saturated heterocycles. The highest BCUT2D eigenvalue weighted by Crippen LogP contribution is 2.37. The molecule has 2 rings (SSSR count). The van der Waals surface area contributed by atoms with Crippen LogP contribution in [0.2, 0.25) is 0 Å². The van der Waals surface area contributed by atoms with Crippen molar-refractivity contribution in [3.05, 3.63) is 0 Å². The van der Waals surface area contributed by atoms with Crippen LogP contribution in [-0.2, 0) is 9.53 Å². The fourth-order valence-corrected chi connectivity index (χ4v) is 3.11. The molecule has 0 radical (unpaired) electrons. The zero-order valence-electron chi connectivity index (χ0n) is 11.7. The number of hydrogen-bond donors (Lipinski definition) is 1. The number of likely N-dealkylation sites (N-methyl/N-ethyl adjacent to an activating group) is 1. The van der Waals surface area contributed by atoms with Crippen LogP contribution in [0.15, 0.2) is 0 Å². The molecule has 0 bridgehead atoms. The Morgan fingerprint density at radius 2 is 2.11 bits per heavy atom. The van der Waals surface area contributed by atoms with E-state index >= 15 is 0 Å². The third-order valence-electron chi connectivity index (χ3n) is 4.05. The molecule has 4 nitrogen and oxygen atoms in total. The number of hydrogen-bond acceptors (Lipinski definition) is 4. The maximum absolute atomic E-state index is 11.4. The van der Waals surface area contributed by atoms with Crippen LogP contribution in [0.1, 0.15) is 32.6 Å². The number of likely N-dealkylation sites (tertiary alicyclic amines) is 1. The van der Waals surface area contributed by atoms with Gasteiger partial charge in [0.15, 0.2) is 0 Å². The summed E-state index contributed by atoms with van der Waals surface area (Å²) in [7, 11) is 1.47. The molecule has 1 aliphatic heterocycles. The van der Waals surface area contributed by atoms with Gasteiger partial charge in [0.25, 0.3) is 0 Å². The van der Waals surface area contributed by atoms with Crippen LogP contribution in [0.4, 0.5) is 0 Å². The number of nitrogens with zero attached hydrogens (tertiary/aromatic N) is 1. The molecule has 2 unspecified atom stereocenters. The van der Waals surface area contributed by atoms with Crippen molar-refractivity contribution in [2.45, 2.75) is 38.6 Å². The molecule has 0 aromatic heterocycles. The first-order valence-corrected chi connectivity index (χ1v) is 7.23. The topological polar surface area (TPSA) is 41.6 Å². The summed E-state index contributed by atoms with van der Waals surface area (Å²) in [6, 6.07) is 0.539. The van der Waals surface area contributed by atoms with Crippen molar-refractivity contribution in [1.29, 1.82) is 0 Å². The van der Waals surface area contributed by atoms with Gasteiger partial charge in [-0.05, 0) is 31.2 Å².